The number of benzene rings is 1. The molecule has 2 aromatic rings. The summed E-state index contributed by atoms with van der Waals surface area (Å²) in [4.78, 5) is 6.96. The van der Waals surface area contributed by atoms with Crippen molar-refractivity contribution in [2.24, 2.45) is 0 Å². The minimum absolute atomic E-state index is 0.460. The van der Waals surface area contributed by atoms with Gasteiger partial charge in [0.25, 0.3) is 0 Å². The smallest absolute Gasteiger partial charge is 0.0726 e. The van der Waals surface area contributed by atoms with Gasteiger partial charge in [0, 0.05) is 24.2 Å². The minimum atomic E-state index is 0.460. The maximum absolute atomic E-state index is 5.94. The lowest BCUT2D eigenvalue weighted by molar-refractivity contribution is 0.793. The standard InChI is InChI=1S/C15H19ClN2/c1-3-9-18(4-2)15-10-12(11-16)17-14-8-6-5-7-13(14)15/h5-8,10H,3-4,9,11H2,1-2H3. The molecule has 0 radical (unpaired) electrons. The molecule has 2 rings (SSSR count). The summed E-state index contributed by atoms with van der Waals surface area (Å²) in [5, 5.41) is 1.21. The van der Waals surface area contributed by atoms with E-state index in [1.807, 2.05) is 6.07 Å². The van der Waals surface area contributed by atoms with Crippen molar-refractivity contribution in [3.63, 3.8) is 0 Å². The second kappa shape index (κ2) is 6.05. The van der Waals surface area contributed by atoms with Gasteiger partial charge in [-0.1, -0.05) is 25.1 Å². The monoisotopic (exact) mass is 262 g/mol. The van der Waals surface area contributed by atoms with Gasteiger partial charge in [-0.2, -0.15) is 0 Å². The van der Waals surface area contributed by atoms with Crippen molar-refractivity contribution in [3.05, 3.63) is 36.0 Å². The molecule has 0 amide bonds. The van der Waals surface area contributed by atoms with Crippen LogP contribution in [0.25, 0.3) is 10.9 Å². The molecule has 0 aliphatic rings. The first-order valence-electron chi connectivity index (χ1n) is 6.49. The molecule has 0 unspecified atom stereocenters. The SMILES string of the molecule is CCCN(CC)c1cc(CCl)nc2ccccc12. The van der Waals surface area contributed by atoms with Gasteiger partial charge in [0.05, 0.1) is 17.1 Å². The molecule has 0 saturated carbocycles. The third-order valence-corrected chi connectivity index (χ3v) is 3.37. The molecule has 1 aromatic carbocycles. The fourth-order valence-electron chi connectivity index (χ4n) is 2.26. The lowest BCUT2D eigenvalue weighted by atomic mass is 10.1. The Morgan fingerprint density at radius 2 is 2.00 bits per heavy atom. The second-order valence-electron chi connectivity index (χ2n) is 4.36. The van der Waals surface area contributed by atoms with Crippen molar-refractivity contribution in [1.82, 2.24) is 4.98 Å². The maximum Gasteiger partial charge on any atom is 0.0726 e. The highest BCUT2D eigenvalue weighted by Crippen LogP contribution is 2.27. The summed E-state index contributed by atoms with van der Waals surface area (Å²) in [6.07, 6.45) is 1.14. The molecule has 0 saturated heterocycles. The number of pyridine rings is 1. The first-order valence-corrected chi connectivity index (χ1v) is 7.03. The summed E-state index contributed by atoms with van der Waals surface area (Å²) in [6.45, 7) is 6.45. The van der Waals surface area contributed by atoms with Gasteiger partial charge >= 0.3 is 0 Å². The number of hydrogen-bond donors (Lipinski definition) is 0. The van der Waals surface area contributed by atoms with Crippen LogP contribution < -0.4 is 4.90 Å². The number of aromatic nitrogens is 1. The lowest BCUT2D eigenvalue weighted by Crippen LogP contribution is -2.23. The van der Waals surface area contributed by atoms with E-state index in [0.717, 1.165) is 30.7 Å². The highest BCUT2D eigenvalue weighted by molar-refractivity contribution is 6.17. The fourth-order valence-corrected chi connectivity index (χ4v) is 2.40. The molecular weight excluding hydrogens is 244 g/mol. The number of hydrogen-bond acceptors (Lipinski definition) is 2. The summed E-state index contributed by atoms with van der Waals surface area (Å²) in [7, 11) is 0. The Kier molecular flexibility index (Phi) is 4.43. The van der Waals surface area contributed by atoms with E-state index in [1.165, 1.54) is 11.1 Å². The minimum Gasteiger partial charge on any atom is -0.371 e. The predicted molar refractivity (Wildman–Crippen MR) is 79.5 cm³/mol. The normalized spacial score (nSPS) is 10.8. The number of anilines is 1. The molecule has 0 atom stereocenters. The Bertz CT molecular complexity index is 525. The van der Waals surface area contributed by atoms with E-state index in [-0.39, 0.29) is 0 Å². The number of nitrogens with zero attached hydrogens (tertiary/aromatic N) is 2. The van der Waals surface area contributed by atoms with Crippen molar-refractivity contribution < 1.29 is 0 Å². The molecule has 96 valence electrons. The summed E-state index contributed by atoms with van der Waals surface area (Å²) in [5.74, 6) is 0.460. The summed E-state index contributed by atoms with van der Waals surface area (Å²) in [5.41, 5.74) is 3.22. The Balaban J connectivity index is 2.58. The molecule has 1 heterocycles. The van der Waals surface area contributed by atoms with Gasteiger partial charge in [0.1, 0.15) is 0 Å². The summed E-state index contributed by atoms with van der Waals surface area (Å²) >= 11 is 5.94. The number of alkyl halides is 1. The van der Waals surface area contributed by atoms with Crippen LogP contribution in [0.3, 0.4) is 0 Å². The Hall–Kier alpha value is -1.28. The third kappa shape index (κ3) is 2.59. The molecule has 18 heavy (non-hydrogen) atoms. The topological polar surface area (TPSA) is 16.1 Å². The molecule has 0 bridgehead atoms. The molecule has 0 aliphatic carbocycles. The van der Waals surface area contributed by atoms with Crippen molar-refractivity contribution in [1.29, 1.82) is 0 Å². The van der Waals surface area contributed by atoms with Crippen molar-refractivity contribution in [3.8, 4) is 0 Å². The van der Waals surface area contributed by atoms with Crippen LogP contribution in [0, 0.1) is 0 Å². The third-order valence-electron chi connectivity index (χ3n) is 3.10. The van der Waals surface area contributed by atoms with Crippen LogP contribution in [0.4, 0.5) is 5.69 Å². The van der Waals surface area contributed by atoms with Crippen LogP contribution >= 0.6 is 11.6 Å². The number of fused-ring (bicyclic) bond motifs is 1. The molecule has 0 fully saturated rings. The average Bonchev–Trinajstić information content (AvgIpc) is 2.43. The summed E-state index contributed by atoms with van der Waals surface area (Å²) in [6, 6.07) is 10.4. The van der Waals surface area contributed by atoms with Crippen molar-refractivity contribution in [2.45, 2.75) is 26.1 Å². The highest BCUT2D eigenvalue weighted by atomic mass is 35.5. The van der Waals surface area contributed by atoms with E-state index in [0.29, 0.717) is 5.88 Å². The molecular formula is C15H19ClN2. The maximum atomic E-state index is 5.94. The van der Waals surface area contributed by atoms with Crippen molar-refractivity contribution in [2.75, 3.05) is 18.0 Å². The number of halogens is 1. The molecule has 1 aromatic heterocycles. The highest BCUT2D eigenvalue weighted by Gasteiger charge is 2.10. The van der Waals surface area contributed by atoms with E-state index in [9.17, 15) is 0 Å². The van der Waals surface area contributed by atoms with Crippen LogP contribution in [0.1, 0.15) is 26.0 Å². The zero-order valence-electron chi connectivity index (χ0n) is 11.0. The van der Waals surface area contributed by atoms with Gasteiger partial charge in [-0.3, -0.25) is 4.98 Å². The quantitative estimate of drug-likeness (QED) is 0.751. The van der Waals surface area contributed by atoms with E-state index in [4.69, 9.17) is 11.6 Å². The van der Waals surface area contributed by atoms with Gasteiger partial charge in [0.15, 0.2) is 0 Å². The predicted octanol–water partition coefficient (Wildman–Crippen LogP) is 4.21. The molecule has 2 nitrogen and oxygen atoms in total. The van der Waals surface area contributed by atoms with Gasteiger partial charge in [-0.25, -0.2) is 0 Å². The Labute approximate surface area is 114 Å². The first-order chi connectivity index (χ1) is 8.80. The van der Waals surface area contributed by atoms with E-state index >= 15 is 0 Å². The van der Waals surface area contributed by atoms with Gasteiger partial charge in [-0.05, 0) is 25.5 Å². The zero-order valence-corrected chi connectivity index (χ0v) is 11.7. The zero-order chi connectivity index (χ0) is 13.0. The Morgan fingerprint density at radius 3 is 2.67 bits per heavy atom. The largest absolute Gasteiger partial charge is 0.371 e. The molecule has 0 aliphatic heterocycles. The van der Waals surface area contributed by atoms with Crippen LogP contribution in [-0.4, -0.2) is 18.1 Å². The van der Waals surface area contributed by atoms with Gasteiger partial charge < -0.3 is 4.90 Å². The van der Waals surface area contributed by atoms with E-state index < -0.39 is 0 Å². The average molecular weight is 263 g/mol. The Morgan fingerprint density at radius 1 is 1.22 bits per heavy atom. The molecule has 3 heteroatoms. The lowest BCUT2D eigenvalue weighted by Gasteiger charge is -2.24. The first kappa shape index (κ1) is 13.2. The number of rotatable bonds is 5. The molecule has 0 spiro atoms. The van der Waals surface area contributed by atoms with Crippen LogP contribution in [0.2, 0.25) is 0 Å². The van der Waals surface area contributed by atoms with Gasteiger partial charge in [-0.15, -0.1) is 11.6 Å². The summed E-state index contributed by atoms with van der Waals surface area (Å²) < 4.78 is 0. The fraction of sp³-hybridized carbons (Fsp3) is 0.400. The van der Waals surface area contributed by atoms with Crippen LogP contribution in [0.5, 0.6) is 0 Å². The van der Waals surface area contributed by atoms with Crippen molar-refractivity contribution >= 4 is 28.2 Å². The van der Waals surface area contributed by atoms with E-state index in [1.54, 1.807) is 0 Å². The van der Waals surface area contributed by atoms with Gasteiger partial charge in [0.2, 0.25) is 0 Å². The second-order valence-corrected chi connectivity index (χ2v) is 4.63. The molecule has 0 N–H and O–H groups in total. The van der Waals surface area contributed by atoms with Crippen LogP contribution in [-0.2, 0) is 5.88 Å². The van der Waals surface area contributed by atoms with E-state index in [2.05, 4.69) is 48.0 Å². The number of para-hydroxylation sites is 1. The van der Waals surface area contributed by atoms with Crippen LogP contribution in [0.15, 0.2) is 30.3 Å².